The monoisotopic (exact) mass is 538 g/mol. The standard InChI is InChI=1S/C30H22N2S4/c1-13(2)31-27(33)19-9-5-15-17-7-11-21-26-22(30(36)32(14(3)4)29(21)35)12-8-18(24(17)26)16-6-10-20(28(31)34)25(19)23(15)16/h5-14H,1-4H3. The van der Waals surface area contributed by atoms with Crippen molar-refractivity contribution < 1.29 is 0 Å². The van der Waals surface area contributed by atoms with E-state index < -0.39 is 0 Å². The van der Waals surface area contributed by atoms with Gasteiger partial charge in [0.05, 0.1) is 0 Å². The first kappa shape index (κ1) is 22.5. The fourth-order valence-electron chi connectivity index (χ4n) is 6.24. The summed E-state index contributed by atoms with van der Waals surface area (Å²) in [6.07, 6.45) is 0. The zero-order chi connectivity index (χ0) is 25.2. The van der Waals surface area contributed by atoms with Crippen molar-refractivity contribution in [2.75, 3.05) is 0 Å². The van der Waals surface area contributed by atoms with Crippen LogP contribution < -0.4 is 0 Å². The number of benzene rings is 5. The van der Waals surface area contributed by atoms with Gasteiger partial charge >= 0.3 is 0 Å². The zero-order valence-corrected chi connectivity index (χ0v) is 23.6. The molecule has 0 aromatic heterocycles. The third-order valence-electron chi connectivity index (χ3n) is 7.73. The lowest BCUT2D eigenvalue weighted by molar-refractivity contribution is 0.515. The van der Waals surface area contributed by atoms with Crippen molar-refractivity contribution in [2.24, 2.45) is 0 Å². The Bertz CT molecular complexity index is 1620. The van der Waals surface area contributed by atoms with Gasteiger partial charge in [-0.15, -0.1) is 0 Å². The first-order chi connectivity index (χ1) is 17.2. The van der Waals surface area contributed by atoms with Crippen LogP contribution in [0, 0.1) is 0 Å². The third-order valence-corrected chi connectivity index (χ3v) is 9.40. The summed E-state index contributed by atoms with van der Waals surface area (Å²) >= 11 is 23.9. The molecule has 5 aromatic carbocycles. The Kier molecular flexibility index (Phi) is 4.67. The molecule has 36 heavy (non-hydrogen) atoms. The topological polar surface area (TPSA) is 6.48 Å². The number of hydrogen-bond acceptors (Lipinski definition) is 4. The molecule has 2 aliphatic heterocycles. The van der Waals surface area contributed by atoms with Crippen molar-refractivity contribution in [1.82, 2.24) is 9.80 Å². The van der Waals surface area contributed by atoms with Gasteiger partial charge in [-0.2, -0.15) is 0 Å². The molecule has 0 unspecified atom stereocenters. The van der Waals surface area contributed by atoms with Gasteiger partial charge in [0.1, 0.15) is 20.0 Å². The highest BCUT2D eigenvalue weighted by molar-refractivity contribution is 7.83. The van der Waals surface area contributed by atoms with Gasteiger partial charge in [-0.25, -0.2) is 0 Å². The van der Waals surface area contributed by atoms with E-state index in [1.165, 1.54) is 43.1 Å². The Morgan fingerprint density at radius 3 is 0.889 bits per heavy atom. The van der Waals surface area contributed by atoms with Gasteiger partial charge in [0, 0.05) is 45.1 Å². The van der Waals surface area contributed by atoms with Crippen LogP contribution in [-0.2, 0) is 0 Å². The van der Waals surface area contributed by atoms with Crippen molar-refractivity contribution in [2.45, 2.75) is 39.8 Å². The number of thiocarbonyl (C=S) groups is 4. The third kappa shape index (κ3) is 2.60. The highest BCUT2D eigenvalue weighted by Crippen LogP contribution is 2.46. The largest absolute Gasteiger partial charge is 0.320 e. The smallest absolute Gasteiger partial charge is 0.115 e. The predicted octanol–water partition coefficient (Wildman–Crippen LogP) is 7.89. The molecule has 0 amide bonds. The average Bonchev–Trinajstić information content (AvgIpc) is 2.84. The van der Waals surface area contributed by atoms with Crippen molar-refractivity contribution in [1.29, 1.82) is 0 Å². The normalized spacial score (nSPS) is 15.8. The van der Waals surface area contributed by atoms with Crippen LogP contribution in [0.1, 0.15) is 49.9 Å². The van der Waals surface area contributed by atoms with Gasteiger partial charge < -0.3 is 9.80 Å². The summed E-state index contributed by atoms with van der Waals surface area (Å²) in [6, 6.07) is 18.1. The molecular weight excluding hydrogens is 517 g/mol. The minimum atomic E-state index is 0.204. The van der Waals surface area contributed by atoms with Crippen LogP contribution in [0.2, 0.25) is 0 Å². The summed E-state index contributed by atoms with van der Waals surface area (Å²) < 4.78 is 0. The lowest BCUT2D eigenvalue weighted by Gasteiger charge is -2.36. The molecule has 2 aliphatic rings. The van der Waals surface area contributed by atoms with Crippen LogP contribution in [0.25, 0.3) is 43.1 Å². The molecule has 7 rings (SSSR count). The Balaban J connectivity index is 1.66. The second-order valence-electron chi connectivity index (χ2n) is 10.3. The second-order valence-corrected chi connectivity index (χ2v) is 11.8. The highest BCUT2D eigenvalue weighted by atomic mass is 32.1. The maximum Gasteiger partial charge on any atom is 0.115 e. The van der Waals surface area contributed by atoms with Crippen molar-refractivity contribution in [3.63, 3.8) is 0 Å². The van der Waals surface area contributed by atoms with Gasteiger partial charge in [0.15, 0.2) is 0 Å². The minimum Gasteiger partial charge on any atom is -0.320 e. The number of hydrogen-bond donors (Lipinski definition) is 0. The van der Waals surface area contributed by atoms with Crippen LogP contribution in [0.4, 0.5) is 0 Å². The van der Waals surface area contributed by atoms with E-state index in [2.05, 4.69) is 86.0 Å². The van der Waals surface area contributed by atoms with E-state index in [1.54, 1.807) is 0 Å². The molecule has 0 N–H and O–H groups in total. The van der Waals surface area contributed by atoms with E-state index in [1.807, 2.05) is 0 Å². The molecule has 0 bridgehead atoms. The quantitative estimate of drug-likeness (QED) is 0.127. The summed E-state index contributed by atoms with van der Waals surface area (Å²) in [6.45, 7) is 8.55. The Morgan fingerprint density at radius 1 is 0.417 bits per heavy atom. The lowest BCUT2D eigenvalue weighted by Crippen LogP contribution is -2.43. The van der Waals surface area contributed by atoms with E-state index in [0.29, 0.717) is 0 Å². The van der Waals surface area contributed by atoms with Crippen LogP contribution >= 0.6 is 48.9 Å². The molecule has 0 saturated carbocycles. The summed E-state index contributed by atoms with van der Waals surface area (Å²) in [5, 5.41) is 9.68. The molecule has 5 aromatic rings. The van der Waals surface area contributed by atoms with Gasteiger partial charge in [-0.3, -0.25) is 0 Å². The van der Waals surface area contributed by atoms with Crippen LogP contribution in [0.5, 0.6) is 0 Å². The number of nitrogens with zero attached hydrogens (tertiary/aromatic N) is 2. The molecule has 0 fully saturated rings. The van der Waals surface area contributed by atoms with Gasteiger partial charge in [-0.05, 0) is 60.0 Å². The molecule has 2 nitrogen and oxygen atoms in total. The zero-order valence-electron chi connectivity index (χ0n) is 20.3. The summed E-state index contributed by atoms with van der Waals surface area (Å²) in [5.74, 6) is 0. The molecule has 6 heteroatoms. The fourth-order valence-corrected chi connectivity index (χ4v) is 8.25. The van der Waals surface area contributed by atoms with Crippen molar-refractivity contribution in [3.8, 4) is 0 Å². The Labute approximate surface area is 231 Å². The van der Waals surface area contributed by atoms with E-state index in [0.717, 1.165) is 42.2 Å². The van der Waals surface area contributed by atoms with Crippen LogP contribution in [-0.4, -0.2) is 41.8 Å². The maximum atomic E-state index is 5.97. The highest BCUT2D eigenvalue weighted by Gasteiger charge is 2.33. The summed E-state index contributed by atoms with van der Waals surface area (Å²) in [7, 11) is 0. The van der Waals surface area contributed by atoms with E-state index >= 15 is 0 Å². The molecule has 2 heterocycles. The predicted molar refractivity (Wildman–Crippen MR) is 168 cm³/mol. The Morgan fingerprint density at radius 2 is 0.667 bits per heavy atom. The van der Waals surface area contributed by atoms with Crippen LogP contribution in [0.15, 0.2) is 48.5 Å². The van der Waals surface area contributed by atoms with Gasteiger partial charge in [-0.1, -0.05) is 97.4 Å². The van der Waals surface area contributed by atoms with Crippen LogP contribution in [0.3, 0.4) is 0 Å². The molecule has 176 valence electrons. The van der Waals surface area contributed by atoms with Gasteiger partial charge in [0.2, 0.25) is 0 Å². The molecule has 0 saturated heterocycles. The summed E-state index contributed by atoms with van der Waals surface area (Å²) in [5.41, 5.74) is 4.36. The first-order valence-electron chi connectivity index (χ1n) is 12.2. The Hall–Kier alpha value is -2.64. The maximum absolute atomic E-state index is 5.97. The van der Waals surface area contributed by atoms with E-state index in [-0.39, 0.29) is 12.1 Å². The number of fused-ring (bicyclic) bond motifs is 2. The molecule has 0 aliphatic carbocycles. The SMILES string of the molecule is CC(C)N1C(=S)c2ccc3c4ccc5c6c(ccc(c7ccc(c2c37)C1=S)c64)C(=S)N(C(C)C)C5=S. The summed E-state index contributed by atoms with van der Waals surface area (Å²) in [4.78, 5) is 7.46. The number of rotatable bonds is 2. The lowest BCUT2D eigenvalue weighted by atomic mass is 9.82. The second kappa shape index (κ2) is 7.45. The molecule has 0 radical (unpaired) electrons. The fraction of sp³-hybridized carbons (Fsp3) is 0.200. The molecule has 0 spiro atoms. The average molecular weight is 539 g/mol. The van der Waals surface area contributed by atoms with Crippen molar-refractivity contribution in [3.05, 3.63) is 70.8 Å². The first-order valence-corrected chi connectivity index (χ1v) is 13.8. The molecular formula is C30H22N2S4. The van der Waals surface area contributed by atoms with Crippen molar-refractivity contribution >= 4 is 112 Å². The van der Waals surface area contributed by atoms with E-state index in [9.17, 15) is 0 Å². The molecule has 0 atom stereocenters. The minimum absolute atomic E-state index is 0.204. The van der Waals surface area contributed by atoms with Gasteiger partial charge in [0.25, 0.3) is 0 Å². The van der Waals surface area contributed by atoms with E-state index in [4.69, 9.17) is 48.9 Å².